The molecule has 0 atom stereocenters. The summed E-state index contributed by atoms with van der Waals surface area (Å²) < 4.78 is 5.29. The Bertz CT molecular complexity index is 743. The molecule has 2 N–H and O–H groups in total. The number of aliphatic imine (C=N–C) groups is 1. The zero-order valence-corrected chi connectivity index (χ0v) is 19.1. The summed E-state index contributed by atoms with van der Waals surface area (Å²) in [6, 6.07) is 5.38. The molecular weight excluding hydrogens is 488 g/mol. The van der Waals surface area contributed by atoms with E-state index in [4.69, 9.17) is 27.7 Å². The van der Waals surface area contributed by atoms with Crippen LogP contribution in [0, 0.1) is 0 Å². The van der Waals surface area contributed by atoms with Crippen molar-refractivity contribution < 1.29 is 4.52 Å². The lowest BCUT2D eigenvalue weighted by Gasteiger charge is -2.11. The van der Waals surface area contributed by atoms with Gasteiger partial charge in [0.2, 0.25) is 5.89 Å². The molecule has 0 saturated carbocycles. The topological polar surface area (TPSA) is 75.3 Å². The van der Waals surface area contributed by atoms with Crippen molar-refractivity contribution >= 4 is 53.1 Å². The summed E-state index contributed by atoms with van der Waals surface area (Å²) in [5, 5.41) is 11.6. The van der Waals surface area contributed by atoms with Gasteiger partial charge in [-0.1, -0.05) is 55.2 Å². The van der Waals surface area contributed by atoms with E-state index in [1.165, 1.54) is 0 Å². The zero-order chi connectivity index (χ0) is 18.4. The SMILES string of the molecule is CCNC(=NCc1ccc(Cl)cc1Cl)NCc1noc(C(C)(C)C)n1.I. The van der Waals surface area contributed by atoms with Gasteiger partial charge in [0.05, 0.1) is 13.1 Å². The van der Waals surface area contributed by atoms with Gasteiger partial charge in [0.15, 0.2) is 11.8 Å². The summed E-state index contributed by atoms with van der Waals surface area (Å²) in [4.78, 5) is 8.92. The van der Waals surface area contributed by atoms with Gasteiger partial charge in [0.1, 0.15) is 0 Å². The van der Waals surface area contributed by atoms with Crippen LogP contribution in [0.1, 0.15) is 45.0 Å². The van der Waals surface area contributed by atoms with Crippen LogP contribution in [0.2, 0.25) is 10.0 Å². The standard InChI is InChI=1S/C17H23Cl2N5O.HI/c1-5-20-16(21-9-11-6-7-12(18)8-13(11)19)22-10-14-23-15(25-24-14)17(2,3)4;/h6-8H,5,9-10H2,1-4H3,(H2,20,21,22);1H. The van der Waals surface area contributed by atoms with Crippen molar-refractivity contribution in [2.45, 2.75) is 46.2 Å². The number of hydrogen-bond acceptors (Lipinski definition) is 4. The molecule has 0 aliphatic rings. The van der Waals surface area contributed by atoms with Gasteiger partial charge in [-0.15, -0.1) is 24.0 Å². The lowest BCUT2D eigenvalue weighted by atomic mass is 9.97. The highest BCUT2D eigenvalue weighted by Gasteiger charge is 2.21. The van der Waals surface area contributed by atoms with Crippen molar-refractivity contribution in [2.24, 2.45) is 4.99 Å². The first kappa shape index (κ1) is 23.0. The van der Waals surface area contributed by atoms with Gasteiger partial charge in [-0.05, 0) is 24.6 Å². The Balaban J connectivity index is 0.00000338. The van der Waals surface area contributed by atoms with E-state index >= 15 is 0 Å². The van der Waals surface area contributed by atoms with Gasteiger partial charge in [-0.25, -0.2) is 4.99 Å². The minimum Gasteiger partial charge on any atom is -0.357 e. The molecule has 0 aliphatic carbocycles. The van der Waals surface area contributed by atoms with Crippen molar-refractivity contribution in [3.8, 4) is 0 Å². The fraction of sp³-hybridized carbons (Fsp3) is 0.471. The Hall–Kier alpha value is -1.06. The van der Waals surface area contributed by atoms with E-state index in [9.17, 15) is 0 Å². The Morgan fingerprint density at radius 3 is 2.54 bits per heavy atom. The lowest BCUT2D eigenvalue weighted by molar-refractivity contribution is 0.318. The van der Waals surface area contributed by atoms with Gasteiger partial charge in [0, 0.05) is 22.0 Å². The van der Waals surface area contributed by atoms with Crippen molar-refractivity contribution in [1.82, 2.24) is 20.8 Å². The fourth-order valence-corrected chi connectivity index (χ4v) is 2.42. The quantitative estimate of drug-likeness (QED) is 0.350. The molecule has 0 unspecified atom stereocenters. The summed E-state index contributed by atoms with van der Waals surface area (Å²) in [5.41, 5.74) is 0.729. The molecule has 1 aromatic carbocycles. The molecule has 1 aromatic heterocycles. The summed E-state index contributed by atoms with van der Waals surface area (Å²) in [6.07, 6.45) is 0. The molecule has 0 radical (unpaired) electrons. The number of guanidine groups is 1. The first-order valence-corrected chi connectivity index (χ1v) is 8.84. The number of halogens is 3. The highest BCUT2D eigenvalue weighted by Crippen LogP contribution is 2.21. The molecule has 2 aromatic rings. The van der Waals surface area contributed by atoms with Crippen molar-refractivity contribution in [2.75, 3.05) is 6.54 Å². The second-order valence-electron chi connectivity index (χ2n) is 6.55. The number of aromatic nitrogens is 2. The second-order valence-corrected chi connectivity index (χ2v) is 7.39. The minimum absolute atomic E-state index is 0. The summed E-state index contributed by atoms with van der Waals surface area (Å²) in [6.45, 7) is 9.67. The Kier molecular flexibility index (Phi) is 9.12. The van der Waals surface area contributed by atoms with Crippen molar-refractivity contribution in [3.05, 3.63) is 45.5 Å². The van der Waals surface area contributed by atoms with E-state index in [0.29, 0.717) is 40.8 Å². The van der Waals surface area contributed by atoms with Crippen molar-refractivity contribution in [1.29, 1.82) is 0 Å². The number of rotatable bonds is 5. The van der Waals surface area contributed by atoms with E-state index in [0.717, 1.165) is 12.1 Å². The monoisotopic (exact) mass is 511 g/mol. The maximum atomic E-state index is 6.18. The maximum absolute atomic E-state index is 6.18. The van der Waals surface area contributed by atoms with Crippen LogP contribution in [0.5, 0.6) is 0 Å². The van der Waals surface area contributed by atoms with Crippen LogP contribution in [0.3, 0.4) is 0 Å². The molecule has 0 amide bonds. The molecule has 6 nitrogen and oxygen atoms in total. The van der Waals surface area contributed by atoms with Gasteiger partial charge < -0.3 is 15.2 Å². The number of benzene rings is 1. The smallest absolute Gasteiger partial charge is 0.232 e. The number of nitrogens with one attached hydrogen (secondary N) is 2. The fourth-order valence-electron chi connectivity index (χ4n) is 1.95. The molecule has 26 heavy (non-hydrogen) atoms. The van der Waals surface area contributed by atoms with Gasteiger partial charge in [0.25, 0.3) is 0 Å². The van der Waals surface area contributed by atoms with E-state index in [1.807, 2.05) is 33.8 Å². The predicted octanol–water partition coefficient (Wildman–Crippen LogP) is 4.55. The predicted molar refractivity (Wildman–Crippen MR) is 117 cm³/mol. The molecule has 1 heterocycles. The molecule has 0 saturated heterocycles. The number of hydrogen-bond donors (Lipinski definition) is 2. The van der Waals surface area contributed by atoms with Crippen LogP contribution < -0.4 is 10.6 Å². The van der Waals surface area contributed by atoms with Gasteiger partial charge >= 0.3 is 0 Å². The van der Waals surface area contributed by atoms with Crippen LogP contribution in [0.15, 0.2) is 27.7 Å². The lowest BCUT2D eigenvalue weighted by Crippen LogP contribution is -2.37. The van der Waals surface area contributed by atoms with E-state index < -0.39 is 0 Å². The minimum atomic E-state index is -0.171. The van der Waals surface area contributed by atoms with Gasteiger partial charge in [-0.3, -0.25) is 0 Å². The zero-order valence-electron chi connectivity index (χ0n) is 15.3. The third-order valence-corrected chi connectivity index (χ3v) is 3.88. The van der Waals surface area contributed by atoms with Crippen LogP contribution in [-0.4, -0.2) is 22.6 Å². The Morgan fingerprint density at radius 2 is 1.96 bits per heavy atom. The molecule has 0 spiro atoms. The largest absolute Gasteiger partial charge is 0.357 e. The molecule has 144 valence electrons. The van der Waals surface area contributed by atoms with Crippen molar-refractivity contribution in [3.63, 3.8) is 0 Å². The second kappa shape index (κ2) is 10.3. The third-order valence-electron chi connectivity index (χ3n) is 3.29. The molecule has 0 fully saturated rings. The average Bonchev–Trinajstić information content (AvgIpc) is 3.00. The van der Waals surface area contributed by atoms with Crippen LogP contribution in [0.4, 0.5) is 0 Å². The van der Waals surface area contributed by atoms with E-state index in [2.05, 4.69) is 25.8 Å². The van der Waals surface area contributed by atoms with Gasteiger partial charge in [-0.2, -0.15) is 4.98 Å². The third kappa shape index (κ3) is 6.92. The van der Waals surface area contributed by atoms with E-state index in [-0.39, 0.29) is 29.4 Å². The molecule has 2 rings (SSSR count). The first-order valence-electron chi connectivity index (χ1n) is 8.08. The normalized spacial score (nSPS) is 11.8. The number of nitrogens with zero attached hydrogens (tertiary/aromatic N) is 3. The molecule has 0 bridgehead atoms. The van der Waals surface area contributed by atoms with E-state index in [1.54, 1.807) is 12.1 Å². The molecular formula is C17H24Cl2IN5O. The highest BCUT2D eigenvalue weighted by atomic mass is 127. The maximum Gasteiger partial charge on any atom is 0.232 e. The Morgan fingerprint density at radius 1 is 1.23 bits per heavy atom. The highest BCUT2D eigenvalue weighted by molar-refractivity contribution is 14.0. The van der Waals surface area contributed by atoms with Crippen LogP contribution >= 0.6 is 47.2 Å². The average molecular weight is 512 g/mol. The summed E-state index contributed by atoms with van der Waals surface area (Å²) >= 11 is 12.1. The Labute approximate surface area is 181 Å². The molecule has 0 aliphatic heterocycles. The van der Waals surface area contributed by atoms with Crippen LogP contribution in [-0.2, 0) is 18.5 Å². The first-order chi connectivity index (χ1) is 11.8. The summed E-state index contributed by atoms with van der Waals surface area (Å²) in [7, 11) is 0. The summed E-state index contributed by atoms with van der Waals surface area (Å²) in [5.74, 6) is 1.84. The van der Waals surface area contributed by atoms with Crippen LogP contribution in [0.25, 0.3) is 0 Å². The molecule has 9 heteroatoms.